The van der Waals surface area contributed by atoms with Gasteiger partial charge in [0.15, 0.2) is 0 Å². The molecule has 0 spiro atoms. The Bertz CT molecular complexity index is 1230. The standard InChI is InChI=1S/C32H34N2O/c1-35-29-17-16-23-10-8-9-15-27(23)28(29)22-33-31-26-18-20-34(21-19-26)32(31)30(24-11-4-2-5-12-24)25-13-6-3-7-14-25/h2-17,26,30-33H,18-22H2,1H3. The Morgan fingerprint density at radius 3 is 2.09 bits per heavy atom. The number of rotatable bonds is 7. The maximum atomic E-state index is 5.82. The van der Waals surface area contributed by atoms with Crippen LogP contribution < -0.4 is 10.1 Å². The highest BCUT2D eigenvalue weighted by atomic mass is 16.5. The largest absolute Gasteiger partial charge is 0.496 e. The summed E-state index contributed by atoms with van der Waals surface area (Å²) >= 11 is 0. The van der Waals surface area contributed by atoms with E-state index in [4.69, 9.17) is 4.74 Å². The lowest BCUT2D eigenvalue weighted by Gasteiger charge is -2.54. The van der Waals surface area contributed by atoms with Gasteiger partial charge in [0.2, 0.25) is 0 Å². The van der Waals surface area contributed by atoms with E-state index in [9.17, 15) is 0 Å². The molecule has 0 radical (unpaired) electrons. The van der Waals surface area contributed by atoms with Crippen molar-refractivity contribution in [2.75, 3.05) is 20.2 Å². The number of methoxy groups -OCH3 is 1. The van der Waals surface area contributed by atoms with Gasteiger partial charge in [-0.15, -0.1) is 0 Å². The highest BCUT2D eigenvalue weighted by Gasteiger charge is 2.46. The van der Waals surface area contributed by atoms with Crippen LogP contribution in [0.1, 0.15) is 35.4 Å². The van der Waals surface area contributed by atoms with Gasteiger partial charge in [-0.3, -0.25) is 4.90 Å². The van der Waals surface area contributed by atoms with Gasteiger partial charge in [0.05, 0.1) is 7.11 Å². The van der Waals surface area contributed by atoms with Gasteiger partial charge in [-0.25, -0.2) is 0 Å². The van der Waals surface area contributed by atoms with Crippen molar-refractivity contribution in [1.29, 1.82) is 0 Å². The van der Waals surface area contributed by atoms with Crippen LogP contribution in [0.3, 0.4) is 0 Å². The second-order valence-corrected chi connectivity index (χ2v) is 10.0. The van der Waals surface area contributed by atoms with Crippen LogP contribution in [0.25, 0.3) is 10.8 Å². The van der Waals surface area contributed by atoms with Crippen LogP contribution >= 0.6 is 0 Å². The molecular weight excluding hydrogens is 428 g/mol. The smallest absolute Gasteiger partial charge is 0.123 e. The Morgan fingerprint density at radius 2 is 1.43 bits per heavy atom. The van der Waals surface area contributed by atoms with Crippen molar-refractivity contribution in [2.45, 2.75) is 37.4 Å². The summed E-state index contributed by atoms with van der Waals surface area (Å²) in [6.45, 7) is 3.20. The molecule has 3 fully saturated rings. The molecule has 4 aromatic rings. The molecule has 7 rings (SSSR count). The van der Waals surface area contributed by atoms with Gasteiger partial charge in [0, 0.05) is 30.1 Å². The number of fused-ring (bicyclic) bond motifs is 4. The molecule has 3 heteroatoms. The summed E-state index contributed by atoms with van der Waals surface area (Å²) in [5, 5.41) is 6.63. The molecule has 0 saturated carbocycles. The van der Waals surface area contributed by atoms with Crippen LogP contribution in [0.15, 0.2) is 97.1 Å². The lowest BCUT2D eigenvalue weighted by Crippen LogP contribution is -2.64. The molecule has 35 heavy (non-hydrogen) atoms. The number of ether oxygens (including phenoxy) is 1. The molecule has 0 aliphatic carbocycles. The predicted octanol–water partition coefficient (Wildman–Crippen LogP) is 6.23. The number of benzene rings is 4. The second-order valence-electron chi connectivity index (χ2n) is 10.0. The number of piperidine rings is 3. The van der Waals surface area contributed by atoms with Gasteiger partial charge < -0.3 is 10.1 Å². The molecule has 178 valence electrons. The first kappa shape index (κ1) is 22.3. The quantitative estimate of drug-likeness (QED) is 0.352. The highest BCUT2D eigenvalue weighted by molar-refractivity contribution is 5.87. The van der Waals surface area contributed by atoms with Crippen molar-refractivity contribution in [1.82, 2.24) is 10.2 Å². The Hall–Kier alpha value is -3.14. The average molecular weight is 463 g/mol. The first-order chi connectivity index (χ1) is 17.3. The van der Waals surface area contributed by atoms with Crippen LogP contribution in [-0.4, -0.2) is 37.2 Å². The SMILES string of the molecule is COc1ccc2ccccc2c1CNC1C2CCN(CC2)C1C(c1ccccc1)c1ccccc1. The number of nitrogens with one attached hydrogen (secondary N) is 1. The number of hydrogen-bond acceptors (Lipinski definition) is 3. The Morgan fingerprint density at radius 1 is 0.800 bits per heavy atom. The van der Waals surface area contributed by atoms with Crippen LogP contribution in [0.2, 0.25) is 0 Å². The molecule has 0 amide bonds. The molecule has 2 atom stereocenters. The van der Waals surface area contributed by atoms with Gasteiger partial charge in [0.1, 0.15) is 5.75 Å². The van der Waals surface area contributed by atoms with E-state index in [0.717, 1.165) is 12.3 Å². The molecule has 1 N–H and O–H groups in total. The van der Waals surface area contributed by atoms with Crippen molar-refractivity contribution in [3.8, 4) is 5.75 Å². The molecule has 2 bridgehead atoms. The molecule has 3 heterocycles. The lowest BCUT2D eigenvalue weighted by atomic mass is 9.70. The molecule has 3 saturated heterocycles. The van der Waals surface area contributed by atoms with E-state index in [1.165, 1.54) is 53.4 Å². The van der Waals surface area contributed by atoms with E-state index in [1.807, 2.05) is 0 Å². The fraction of sp³-hybridized carbons (Fsp3) is 0.312. The van der Waals surface area contributed by atoms with E-state index >= 15 is 0 Å². The van der Waals surface area contributed by atoms with Crippen molar-refractivity contribution < 1.29 is 4.74 Å². The Kier molecular flexibility index (Phi) is 6.28. The summed E-state index contributed by atoms with van der Waals surface area (Å²) in [6.07, 6.45) is 2.55. The van der Waals surface area contributed by atoms with E-state index in [1.54, 1.807) is 7.11 Å². The summed E-state index contributed by atoms with van der Waals surface area (Å²) in [6, 6.07) is 36.0. The number of hydrogen-bond donors (Lipinski definition) is 1. The second kappa shape index (κ2) is 9.85. The first-order valence-corrected chi connectivity index (χ1v) is 13.0. The third-order valence-electron chi connectivity index (χ3n) is 8.26. The zero-order valence-corrected chi connectivity index (χ0v) is 20.4. The van der Waals surface area contributed by atoms with Crippen molar-refractivity contribution in [3.63, 3.8) is 0 Å². The fourth-order valence-corrected chi connectivity index (χ4v) is 6.61. The van der Waals surface area contributed by atoms with Crippen molar-refractivity contribution >= 4 is 10.8 Å². The summed E-state index contributed by atoms with van der Waals surface area (Å²) in [4.78, 5) is 2.75. The highest BCUT2D eigenvalue weighted by Crippen LogP contribution is 2.42. The van der Waals surface area contributed by atoms with Gasteiger partial charge in [-0.05, 0) is 59.8 Å². The molecule has 4 aromatic carbocycles. The zero-order valence-electron chi connectivity index (χ0n) is 20.4. The molecule has 3 nitrogen and oxygen atoms in total. The maximum Gasteiger partial charge on any atom is 0.123 e. The molecule has 0 aromatic heterocycles. The molecule has 3 aliphatic heterocycles. The third kappa shape index (κ3) is 4.24. The van der Waals surface area contributed by atoms with E-state index in [-0.39, 0.29) is 0 Å². The summed E-state index contributed by atoms with van der Waals surface area (Å²) in [7, 11) is 1.78. The van der Waals surface area contributed by atoms with Crippen LogP contribution in [0.4, 0.5) is 0 Å². The predicted molar refractivity (Wildman–Crippen MR) is 144 cm³/mol. The molecule has 3 aliphatic rings. The summed E-state index contributed by atoms with van der Waals surface area (Å²) in [5.41, 5.74) is 4.08. The fourth-order valence-electron chi connectivity index (χ4n) is 6.61. The minimum Gasteiger partial charge on any atom is -0.496 e. The minimum absolute atomic E-state index is 0.340. The number of nitrogens with zero attached hydrogens (tertiary/aromatic N) is 1. The van der Waals surface area contributed by atoms with Gasteiger partial charge in [-0.2, -0.15) is 0 Å². The average Bonchev–Trinajstić information content (AvgIpc) is 2.94. The van der Waals surface area contributed by atoms with Crippen LogP contribution in [0.5, 0.6) is 5.75 Å². The topological polar surface area (TPSA) is 24.5 Å². The minimum atomic E-state index is 0.340. The third-order valence-corrected chi connectivity index (χ3v) is 8.26. The molecule has 2 unspecified atom stereocenters. The maximum absolute atomic E-state index is 5.82. The molecular formula is C32H34N2O. The van der Waals surface area contributed by atoms with E-state index < -0.39 is 0 Å². The normalized spacial score (nSPS) is 23.6. The summed E-state index contributed by atoms with van der Waals surface area (Å²) < 4.78 is 5.82. The van der Waals surface area contributed by atoms with Crippen molar-refractivity contribution in [2.24, 2.45) is 5.92 Å². The van der Waals surface area contributed by atoms with Gasteiger partial charge in [0.25, 0.3) is 0 Å². The van der Waals surface area contributed by atoms with Crippen LogP contribution in [0, 0.1) is 5.92 Å². The van der Waals surface area contributed by atoms with Crippen molar-refractivity contribution in [3.05, 3.63) is 114 Å². The lowest BCUT2D eigenvalue weighted by molar-refractivity contribution is 0.00466. The summed E-state index contributed by atoms with van der Waals surface area (Å²) in [5.74, 6) is 2.00. The van der Waals surface area contributed by atoms with E-state index in [0.29, 0.717) is 23.9 Å². The first-order valence-electron chi connectivity index (χ1n) is 13.0. The van der Waals surface area contributed by atoms with Gasteiger partial charge >= 0.3 is 0 Å². The Labute approximate surface area is 208 Å². The zero-order chi connectivity index (χ0) is 23.6. The van der Waals surface area contributed by atoms with Crippen LogP contribution in [-0.2, 0) is 6.54 Å². The van der Waals surface area contributed by atoms with E-state index in [2.05, 4.69) is 107 Å². The van der Waals surface area contributed by atoms with Gasteiger partial charge in [-0.1, -0.05) is 91.0 Å². The monoisotopic (exact) mass is 462 g/mol. The Balaban J connectivity index is 1.38.